The van der Waals surface area contributed by atoms with Gasteiger partial charge in [0.15, 0.2) is 5.78 Å². The predicted molar refractivity (Wildman–Crippen MR) is 66.1 cm³/mol. The first kappa shape index (κ1) is 13.2. The summed E-state index contributed by atoms with van der Waals surface area (Å²) in [5.41, 5.74) is 2.82. The van der Waals surface area contributed by atoms with Gasteiger partial charge < -0.3 is 5.11 Å². The largest absolute Gasteiger partial charge is 0.389 e. The summed E-state index contributed by atoms with van der Waals surface area (Å²) < 4.78 is 0. The van der Waals surface area contributed by atoms with Gasteiger partial charge in [0.25, 0.3) is 0 Å². The Bertz CT molecular complexity index is 324. The maximum Gasteiger partial charge on any atom is 0.158 e. The molecule has 1 unspecified atom stereocenters. The summed E-state index contributed by atoms with van der Waals surface area (Å²) >= 11 is 0. The van der Waals surface area contributed by atoms with E-state index in [2.05, 4.69) is 33.4 Å². The van der Waals surface area contributed by atoms with Crippen LogP contribution in [0.5, 0.6) is 0 Å². The molecule has 0 heterocycles. The zero-order chi connectivity index (χ0) is 12.3. The molecule has 2 nitrogen and oxygen atoms in total. The van der Waals surface area contributed by atoms with Crippen LogP contribution in [0.3, 0.4) is 0 Å². The van der Waals surface area contributed by atoms with Crippen molar-refractivity contribution in [1.82, 2.24) is 0 Å². The van der Waals surface area contributed by atoms with E-state index in [4.69, 9.17) is 5.11 Å². The van der Waals surface area contributed by atoms with Crippen LogP contribution in [0.25, 0.3) is 0 Å². The number of hydrogen-bond donors (Lipinski definition) is 1. The summed E-state index contributed by atoms with van der Waals surface area (Å²) in [6, 6.07) is 0. The molecule has 0 bridgehead atoms. The maximum absolute atomic E-state index is 11.0. The van der Waals surface area contributed by atoms with Crippen molar-refractivity contribution in [2.45, 2.75) is 40.0 Å². The number of Topliss-reactive ketones (excluding diaryl/α,β-unsaturated/α-hetero) is 1. The number of carbonyl (C=O) groups excluding carboxylic acids is 1. The van der Waals surface area contributed by atoms with Crippen LogP contribution in [-0.4, -0.2) is 17.5 Å². The second-order valence-corrected chi connectivity index (χ2v) is 5.38. The van der Waals surface area contributed by atoms with Crippen molar-refractivity contribution < 1.29 is 9.90 Å². The first-order valence-electron chi connectivity index (χ1n) is 5.88. The lowest BCUT2D eigenvalue weighted by Crippen LogP contribution is -2.13. The second kappa shape index (κ2) is 4.96. The summed E-state index contributed by atoms with van der Waals surface area (Å²) in [7, 11) is 0. The number of aliphatic hydroxyl groups excluding tert-OH is 1. The standard InChI is InChI=1S/C14H22O2/c1-10(2)12-8-13(12)14(3,4)7-5-6-11(16)9-15/h8,12,15H,1,5-7,9H2,2-4H3. The van der Waals surface area contributed by atoms with E-state index in [9.17, 15) is 4.79 Å². The fourth-order valence-corrected chi connectivity index (χ4v) is 2.14. The van der Waals surface area contributed by atoms with Crippen molar-refractivity contribution in [3.63, 3.8) is 0 Å². The lowest BCUT2D eigenvalue weighted by Gasteiger charge is -2.23. The minimum Gasteiger partial charge on any atom is -0.389 e. The highest BCUT2D eigenvalue weighted by Gasteiger charge is 2.36. The molecule has 0 aromatic rings. The fraction of sp³-hybridized carbons (Fsp3) is 0.643. The van der Waals surface area contributed by atoms with E-state index in [0.29, 0.717) is 12.3 Å². The SMILES string of the molecule is C=C(C)C1C=C1C(C)(C)CCCC(=O)CO. The van der Waals surface area contributed by atoms with Crippen molar-refractivity contribution in [2.24, 2.45) is 11.3 Å². The summed E-state index contributed by atoms with van der Waals surface area (Å²) in [5.74, 6) is 0.431. The van der Waals surface area contributed by atoms with E-state index < -0.39 is 0 Å². The van der Waals surface area contributed by atoms with Crippen molar-refractivity contribution >= 4 is 5.78 Å². The van der Waals surface area contributed by atoms with E-state index in [-0.39, 0.29) is 17.8 Å². The third kappa shape index (κ3) is 3.31. The fourth-order valence-electron chi connectivity index (χ4n) is 2.14. The predicted octanol–water partition coefficient (Wildman–Crippen LogP) is 2.88. The summed E-state index contributed by atoms with van der Waals surface area (Å²) in [4.78, 5) is 11.0. The Kier molecular flexibility index (Phi) is 4.09. The smallest absolute Gasteiger partial charge is 0.158 e. The van der Waals surface area contributed by atoms with Crippen molar-refractivity contribution in [1.29, 1.82) is 0 Å². The molecular weight excluding hydrogens is 200 g/mol. The minimum absolute atomic E-state index is 0.0583. The Balaban J connectivity index is 2.34. The number of rotatable bonds is 7. The lowest BCUT2D eigenvalue weighted by molar-refractivity contribution is -0.121. The quantitative estimate of drug-likeness (QED) is 0.672. The van der Waals surface area contributed by atoms with Gasteiger partial charge in [0.05, 0.1) is 0 Å². The van der Waals surface area contributed by atoms with Crippen LogP contribution in [0.15, 0.2) is 23.8 Å². The van der Waals surface area contributed by atoms with Crippen LogP contribution in [0.4, 0.5) is 0 Å². The van der Waals surface area contributed by atoms with Crippen molar-refractivity contribution in [3.05, 3.63) is 23.8 Å². The molecule has 0 saturated heterocycles. The number of aliphatic hydroxyl groups is 1. The van der Waals surface area contributed by atoms with Gasteiger partial charge in [0, 0.05) is 12.3 Å². The third-order valence-electron chi connectivity index (χ3n) is 3.32. The van der Waals surface area contributed by atoms with Gasteiger partial charge in [-0.1, -0.05) is 37.6 Å². The molecule has 0 fully saturated rings. The first-order valence-corrected chi connectivity index (χ1v) is 5.88. The Morgan fingerprint density at radius 2 is 2.19 bits per heavy atom. The average Bonchev–Trinajstić information content (AvgIpc) is 2.96. The highest BCUT2D eigenvalue weighted by Crippen LogP contribution is 2.49. The Labute approximate surface area is 98.1 Å². The second-order valence-electron chi connectivity index (χ2n) is 5.38. The van der Waals surface area contributed by atoms with Crippen molar-refractivity contribution in [2.75, 3.05) is 6.61 Å². The zero-order valence-corrected chi connectivity index (χ0v) is 10.5. The molecule has 0 amide bonds. The van der Waals surface area contributed by atoms with E-state index in [1.54, 1.807) is 0 Å². The van der Waals surface area contributed by atoms with Gasteiger partial charge >= 0.3 is 0 Å². The number of carbonyl (C=O) groups is 1. The number of hydrogen-bond acceptors (Lipinski definition) is 2. The molecule has 0 aliphatic heterocycles. The number of allylic oxidation sites excluding steroid dienone is 3. The van der Waals surface area contributed by atoms with Crippen LogP contribution in [0, 0.1) is 11.3 Å². The van der Waals surface area contributed by atoms with Gasteiger partial charge in [-0.05, 0) is 25.2 Å². The summed E-state index contributed by atoms with van der Waals surface area (Å²) in [6.45, 7) is 10.1. The van der Waals surface area contributed by atoms with Gasteiger partial charge in [-0.2, -0.15) is 0 Å². The van der Waals surface area contributed by atoms with E-state index in [1.807, 2.05) is 0 Å². The minimum atomic E-state index is -0.322. The topological polar surface area (TPSA) is 37.3 Å². The van der Waals surface area contributed by atoms with Gasteiger partial charge in [-0.3, -0.25) is 4.79 Å². The zero-order valence-electron chi connectivity index (χ0n) is 10.5. The van der Waals surface area contributed by atoms with E-state index in [1.165, 1.54) is 11.1 Å². The average molecular weight is 222 g/mol. The summed E-state index contributed by atoms with van der Waals surface area (Å²) in [5, 5.41) is 8.63. The van der Waals surface area contributed by atoms with E-state index >= 15 is 0 Å². The molecule has 16 heavy (non-hydrogen) atoms. The molecule has 0 saturated carbocycles. The van der Waals surface area contributed by atoms with Crippen LogP contribution in [-0.2, 0) is 4.79 Å². The third-order valence-corrected chi connectivity index (χ3v) is 3.32. The molecule has 0 spiro atoms. The Morgan fingerprint density at radius 3 is 2.62 bits per heavy atom. The normalized spacial score (nSPS) is 19.2. The molecule has 1 aliphatic carbocycles. The molecule has 0 aromatic heterocycles. The first-order chi connectivity index (χ1) is 7.38. The molecule has 2 heteroatoms. The highest BCUT2D eigenvalue weighted by molar-refractivity contribution is 5.79. The van der Waals surface area contributed by atoms with Crippen molar-refractivity contribution in [3.8, 4) is 0 Å². The molecule has 1 rings (SSSR count). The van der Waals surface area contributed by atoms with Gasteiger partial charge in [-0.15, -0.1) is 0 Å². The Morgan fingerprint density at radius 1 is 1.56 bits per heavy atom. The maximum atomic E-state index is 11.0. The molecule has 0 radical (unpaired) electrons. The molecule has 1 atom stereocenters. The molecular formula is C14H22O2. The molecule has 1 aliphatic rings. The van der Waals surface area contributed by atoms with E-state index in [0.717, 1.165) is 12.8 Å². The van der Waals surface area contributed by atoms with Crippen LogP contribution < -0.4 is 0 Å². The Hall–Kier alpha value is -0.890. The highest BCUT2D eigenvalue weighted by atomic mass is 16.3. The molecule has 90 valence electrons. The lowest BCUT2D eigenvalue weighted by atomic mass is 9.81. The molecule has 0 aromatic carbocycles. The van der Waals surface area contributed by atoms with Gasteiger partial charge in [0.2, 0.25) is 0 Å². The monoisotopic (exact) mass is 222 g/mol. The van der Waals surface area contributed by atoms with Crippen LogP contribution >= 0.6 is 0 Å². The number of ketones is 1. The molecule has 1 N–H and O–H groups in total. The van der Waals surface area contributed by atoms with Gasteiger partial charge in [0.1, 0.15) is 6.61 Å². The van der Waals surface area contributed by atoms with Crippen LogP contribution in [0.1, 0.15) is 40.0 Å². The summed E-state index contributed by atoms with van der Waals surface area (Å²) in [6.07, 6.45) is 4.60. The van der Waals surface area contributed by atoms with Gasteiger partial charge in [-0.25, -0.2) is 0 Å². The van der Waals surface area contributed by atoms with Crippen LogP contribution in [0.2, 0.25) is 0 Å².